The summed E-state index contributed by atoms with van der Waals surface area (Å²) in [6, 6.07) is 9.36. The van der Waals surface area contributed by atoms with E-state index in [2.05, 4.69) is 19.2 Å². The Kier molecular flexibility index (Phi) is 7.12. The summed E-state index contributed by atoms with van der Waals surface area (Å²) < 4.78 is 21.4. The summed E-state index contributed by atoms with van der Waals surface area (Å²) in [5.74, 6) is 0.581. The van der Waals surface area contributed by atoms with E-state index in [1.54, 1.807) is 24.3 Å². The number of ketones is 1. The molecule has 1 amide bonds. The second kappa shape index (κ2) is 9.97. The first kappa shape index (κ1) is 22.1. The molecule has 1 aliphatic rings. The molecule has 1 aliphatic heterocycles. The van der Waals surface area contributed by atoms with Crippen molar-refractivity contribution in [3.05, 3.63) is 47.5 Å². The highest BCUT2D eigenvalue weighted by atomic mass is 16.5. The summed E-state index contributed by atoms with van der Waals surface area (Å²) in [4.78, 5) is 36.2. The third kappa shape index (κ3) is 5.75. The highest BCUT2D eigenvalue weighted by Crippen LogP contribution is 2.30. The Morgan fingerprint density at radius 3 is 2.61 bits per heavy atom. The van der Waals surface area contributed by atoms with Gasteiger partial charge in [0.1, 0.15) is 5.75 Å². The highest BCUT2D eigenvalue weighted by molar-refractivity contribution is 6.02. The molecule has 2 aromatic rings. The number of rotatable bonds is 9. The lowest BCUT2D eigenvalue weighted by Gasteiger charge is -2.18. The van der Waals surface area contributed by atoms with Crippen molar-refractivity contribution in [3.8, 4) is 17.2 Å². The number of Topliss-reactive ketones (excluding diaryl/α,β-unsaturated/α-hetero) is 1. The van der Waals surface area contributed by atoms with E-state index in [0.717, 1.165) is 6.42 Å². The summed E-state index contributed by atoms with van der Waals surface area (Å²) in [5, 5.41) is 2.63. The monoisotopic (exact) mass is 427 g/mol. The molecular weight excluding hydrogens is 402 g/mol. The zero-order valence-electron chi connectivity index (χ0n) is 17.7. The lowest BCUT2D eigenvalue weighted by Crippen LogP contribution is -2.25. The van der Waals surface area contributed by atoms with Crippen LogP contribution < -0.4 is 19.5 Å². The number of ether oxygens (including phenoxy) is 4. The third-order valence-electron chi connectivity index (χ3n) is 4.62. The number of anilines is 1. The van der Waals surface area contributed by atoms with Crippen LogP contribution in [0.15, 0.2) is 36.4 Å². The predicted octanol–water partition coefficient (Wildman–Crippen LogP) is 3.49. The maximum absolute atomic E-state index is 12.4. The Bertz CT molecular complexity index is 984. The van der Waals surface area contributed by atoms with Crippen molar-refractivity contribution in [2.24, 2.45) is 5.92 Å². The van der Waals surface area contributed by atoms with Gasteiger partial charge in [0.2, 0.25) is 0 Å². The molecule has 8 heteroatoms. The van der Waals surface area contributed by atoms with Crippen molar-refractivity contribution in [1.29, 1.82) is 0 Å². The number of benzene rings is 2. The minimum Gasteiger partial charge on any atom is -0.493 e. The molecule has 164 valence electrons. The summed E-state index contributed by atoms with van der Waals surface area (Å²) >= 11 is 0. The van der Waals surface area contributed by atoms with Gasteiger partial charge in [-0.05, 0) is 48.7 Å². The highest BCUT2D eigenvalue weighted by Gasteiger charge is 2.19. The van der Waals surface area contributed by atoms with Crippen molar-refractivity contribution >= 4 is 23.3 Å². The van der Waals surface area contributed by atoms with E-state index in [-0.39, 0.29) is 18.1 Å². The van der Waals surface area contributed by atoms with Crippen LogP contribution >= 0.6 is 0 Å². The molecule has 3 rings (SSSR count). The van der Waals surface area contributed by atoms with Crippen LogP contribution in [0.1, 0.15) is 41.0 Å². The Hall–Kier alpha value is -3.55. The van der Waals surface area contributed by atoms with Crippen LogP contribution in [-0.2, 0) is 9.53 Å². The third-order valence-corrected chi connectivity index (χ3v) is 4.62. The smallest absolute Gasteiger partial charge is 0.338 e. The SMILES string of the molecule is COc1cc(C(=O)OCC(=O)c2ccc3c(c2)NC(=O)CO3)ccc1OCCC(C)C. The zero-order chi connectivity index (χ0) is 22.4. The largest absolute Gasteiger partial charge is 0.493 e. The molecule has 0 saturated carbocycles. The number of fused-ring (bicyclic) bond motifs is 1. The van der Waals surface area contributed by atoms with E-state index < -0.39 is 18.4 Å². The molecule has 0 fully saturated rings. The normalized spacial score (nSPS) is 12.5. The number of carbonyl (C=O) groups excluding carboxylic acids is 3. The van der Waals surface area contributed by atoms with Crippen molar-refractivity contribution in [2.45, 2.75) is 20.3 Å². The summed E-state index contributed by atoms with van der Waals surface area (Å²) in [6.07, 6.45) is 0.896. The standard InChI is InChI=1S/C23H25NO7/c1-14(2)8-9-29-20-7-5-16(11-21(20)28-3)23(27)31-12-18(25)15-4-6-19-17(10-15)24-22(26)13-30-19/h4-7,10-11,14H,8-9,12-13H2,1-3H3,(H,24,26). The molecule has 0 saturated heterocycles. The van der Waals surface area contributed by atoms with Gasteiger partial charge in [0, 0.05) is 5.56 Å². The summed E-state index contributed by atoms with van der Waals surface area (Å²) in [5.41, 5.74) is 0.946. The lowest BCUT2D eigenvalue weighted by molar-refractivity contribution is -0.118. The minimum atomic E-state index is -0.657. The van der Waals surface area contributed by atoms with Crippen molar-refractivity contribution < 1.29 is 33.3 Å². The van der Waals surface area contributed by atoms with E-state index in [1.807, 2.05) is 0 Å². The number of esters is 1. The maximum atomic E-state index is 12.4. The number of amides is 1. The molecule has 31 heavy (non-hydrogen) atoms. The average molecular weight is 427 g/mol. The van der Waals surface area contributed by atoms with Crippen LogP contribution in [0.3, 0.4) is 0 Å². The molecule has 8 nitrogen and oxygen atoms in total. The Morgan fingerprint density at radius 2 is 1.87 bits per heavy atom. The first-order valence-electron chi connectivity index (χ1n) is 9.95. The minimum absolute atomic E-state index is 0.0665. The predicted molar refractivity (Wildman–Crippen MR) is 113 cm³/mol. The van der Waals surface area contributed by atoms with Crippen LogP contribution in [0.25, 0.3) is 0 Å². The van der Waals surface area contributed by atoms with Crippen molar-refractivity contribution in [1.82, 2.24) is 0 Å². The molecule has 0 aliphatic carbocycles. The zero-order valence-corrected chi connectivity index (χ0v) is 17.7. The van der Waals surface area contributed by atoms with Gasteiger partial charge >= 0.3 is 5.97 Å². The van der Waals surface area contributed by atoms with E-state index in [9.17, 15) is 14.4 Å². The van der Waals surface area contributed by atoms with Crippen molar-refractivity contribution in [2.75, 3.05) is 32.2 Å². The van der Waals surface area contributed by atoms with Gasteiger partial charge in [-0.15, -0.1) is 0 Å². The summed E-state index contributed by atoms with van der Waals surface area (Å²) in [6.45, 7) is 4.24. The van der Waals surface area contributed by atoms with Crippen molar-refractivity contribution in [3.63, 3.8) is 0 Å². The second-order valence-corrected chi connectivity index (χ2v) is 7.44. The molecule has 1 N–H and O–H groups in total. The van der Waals surface area contributed by atoms with Gasteiger partial charge in [-0.25, -0.2) is 4.79 Å². The Labute approximate surface area is 180 Å². The fourth-order valence-electron chi connectivity index (χ4n) is 2.87. The van der Waals surface area contributed by atoms with Gasteiger partial charge in [-0.3, -0.25) is 9.59 Å². The topological polar surface area (TPSA) is 100 Å². The van der Waals surface area contributed by atoms with E-state index in [0.29, 0.717) is 41.0 Å². The molecule has 1 heterocycles. The molecular formula is C23H25NO7. The Balaban J connectivity index is 1.60. The average Bonchev–Trinajstić information content (AvgIpc) is 2.76. The van der Waals surface area contributed by atoms with Gasteiger partial charge in [0.05, 0.1) is 25.0 Å². The summed E-state index contributed by atoms with van der Waals surface area (Å²) in [7, 11) is 1.49. The number of methoxy groups -OCH3 is 1. The van der Waals surface area contributed by atoms with Crippen LogP contribution in [-0.4, -0.2) is 44.6 Å². The molecule has 0 unspecified atom stereocenters. The van der Waals surface area contributed by atoms with Gasteiger partial charge in [-0.1, -0.05) is 13.8 Å². The lowest BCUT2D eigenvalue weighted by atomic mass is 10.1. The molecule has 0 spiro atoms. The molecule has 0 atom stereocenters. The van der Waals surface area contributed by atoms with Gasteiger partial charge in [-0.2, -0.15) is 0 Å². The molecule has 0 bridgehead atoms. The van der Waals surface area contributed by atoms with Crippen LogP contribution in [0.5, 0.6) is 17.2 Å². The Morgan fingerprint density at radius 1 is 1.10 bits per heavy atom. The first-order valence-corrected chi connectivity index (χ1v) is 9.95. The fraction of sp³-hybridized carbons (Fsp3) is 0.348. The number of hydrogen-bond donors (Lipinski definition) is 1. The van der Waals surface area contributed by atoms with Crippen LogP contribution in [0.4, 0.5) is 5.69 Å². The first-order chi connectivity index (χ1) is 14.9. The van der Waals surface area contributed by atoms with Crippen LogP contribution in [0.2, 0.25) is 0 Å². The molecule has 0 aromatic heterocycles. The van der Waals surface area contributed by atoms with Crippen LogP contribution in [0, 0.1) is 5.92 Å². The van der Waals surface area contributed by atoms with E-state index in [1.165, 1.54) is 19.2 Å². The van der Waals surface area contributed by atoms with E-state index in [4.69, 9.17) is 18.9 Å². The van der Waals surface area contributed by atoms with Gasteiger partial charge < -0.3 is 24.3 Å². The molecule has 2 aromatic carbocycles. The van der Waals surface area contributed by atoms with E-state index >= 15 is 0 Å². The quantitative estimate of drug-likeness (QED) is 0.483. The van der Waals surface area contributed by atoms with Gasteiger partial charge in [0.15, 0.2) is 30.5 Å². The van der Waals surface area contributed by atoms with Gasteiger partial charge in [0.25, 0.3) is 5.91 Å². The second-order valence-electron chi connectivity index (χ2n) is 7.44. The number of nitrogens with one attached hydrogen (secondary N) is 1. The fourth-order valence-corrected chi connectivity index (χ4v) is 2.87. The number of carbonyl (C=O) groups is 3. The molecule has 0 radical (unpaired) electrons. The number of hydrogen-bond acceptors (Lipinski definition) is 7. The maximum Gasteiger partial charge on any atom is 0.338 e.